The highest BCUT2D eigenvalue weighted by Gasteiger charge is 2.25. The van der Waals surface area contributed by atoms with Gasteiger partial charge in [-0.1, -0.05) is 0 Å². The molecule has 1 aromatic heterocycles. The molecule has 2 aromatic rings. The van der Waals surface area contributed by atoms with Gasteiger partial charge in [-0.05, 0) is 18.2 Å². The quantitative estimate of drug-likeness (QED) is 0.805. The molecular formula is C12H7ClFNO3. The molecule has 0 unspecified atom stereocenters. The number of halogens is 2. The minimum Gasteiger partial charge on any atom is -0.464 e. The van der Waals surface area contributed by atoms with Gasteiger partial charge in [0.15, 0.2) is 0 Å². The van der Waals surface area contributed by atoms with Crippen molar-refractivity contribution in [2.75, 3.05) is 0 Å². The Bertz CT molecular complexity index is 690. The molecule has 0 radical (unpaired) electrons. The maximum Gasteiger partial charge on any atom is 0.259 e. The Labute approximate surface area is 107 Å². The fourth-order valence-electron chi connectivity index (χ4n) is 1.85. The van der Waals surface area contributed by atoms with Gasteiger partial charge in [-0.2, -0.15) is 0 Å². The SMILES string of the molecule is Cl.O=C1C=C(c2ccc(F)c3ccoc23)C(=O)N1. The largest absolute Gasteiger partial charge is 0.464 e. The van der Waals surface area contributed by atoms with Gasteiger partial charge in [0.05, 0.1) is 17.2 Å². The first-order valence-electron chi connectivity index (χ1n) is 4.90. The second-order valence-electron chi connectivity index (χ2n) is 3.63. The Morgan fingerprint density at radius 2 is 1.94 bits per heavy atom. The third-order valence-electron chi connectivity index (χ3n) is 2.61. The molecule has 2 heterocycles. The zero-order valence-corrected chi connectivity index (χ0v) is 9.71. The number of nitrogens with one attached hydrogen (secondary N) is 1. The van der Waals surface area contributed by atoms with Gasteiger partial charge in [-0.25, -0.2) is 4.39 Å². The highest BCUT2D eigenvalue weighted by molar-refractivity contribution is 6.34. The number of fused-ring (bicyclic) bond motifs is 1. The van der Waals surface area contributed by atoms with E-state index in [1.807, 2.05) is 0 Å². The Morgan fingerprint density at radius 1 is 1.17 bits per heavy atom. The molecule has 0 saturated heterocycles. The molecule has 0 bridgehead atoms. The fraction of sp³-hybridized carbons (Fsp3) is 0. The molecule has 0 spiro atoms. The van der Waals surface area contributed by atoms with Crippen LogP contribution in [0, 0.1) is 5.82 Å². The second kappa shape index (κ2) is 4.27. The summed E-state index contributed by atoms with van der Waals surface area (Å²) < 4.78 is 18.6. The molecule has 1 aliphatic rings. The Morgan fingerprint density at radius 3 is 2.61 bits per heavy atom. The molecule has 2 amide bonds. The molecule has 0 fully saturated rings. The van der Waals surface area contributed by atoms with Crippen molar-refractivity contribution in [2.45, 2.75) is 0 Å². The molecule has 1 N–H and O–H groups in total. The number of carbonyl (C=O) groups excluding carboxylic acids is 2. The molecule has 0 aliphatic carbocycles. The summed E-state index contributed by atoms with van der Waals surface area (Å²) >= 11 is 0. The van der Waals surface area contributed by atoms with Crippen LogP contribution < -0.4 is 5.32 Å². The normalized spacial score (nSPS) is 14.4. The number of imide groups is 1. The molecule has 92 valence electrons. The molecule has 4 nitrogen and oxygen atoms in total. The van der Waals surface area contributed by atoms with Crippen molar-refractivity contribution in [3.8, 4) is 0 Å². The molecule has 6 heteroatoms. The van der Waals surface area contributed by atoms with Crippen molar-refractivity contribution in [3.05, 3.63) is 41.9 Å². The summed E-state index contributed by atoms with van der Waals surface area (Å²) in [4.78, 5) is 22.6. The molecule has 18 heavy (non-hydrogen) atoms. The minimum atomic E-state index is -0.501. The van der Waals surface area contributed by atoms with Crippen molar-refractivity contribution >= 4 is 40.8 Å². The van der Waals surface area contributed by atoms with E-state index < -0.39 is 17.6 Å². The van der Waals surface area contributed by atoms with Crippen LogP contribution in [0.15, 0.2) is 35.0 Å². The van der Waals surface area contributed by atoms with Crippen LogP contribution in [0.4, 0.5) is 4.39 Å². The number of furan rings is 1. The topological polar surface area (TPSA) is 59.3 Å². The highest BCUT2D eigenvalue weighted by Crippen LogP contribution is 2.29. The van der Waals surface area contributed by atoms with E-state index in [1.165, 1.54) is 30.5 Å². The zero-order chi connectivity index (χ0) is 12.0. The number of hydrogen-bond donors (Lipinski definition) is 1. The van der Waals surface area contributed by atoms with E-state index in [0.29, 0.717) is 5.56 Å². The van der Waals surface area contributed by atoms with E-state index in [0.717, 1.165) is 0 Å². The summed E-state index contributed by atoms with van der Waals surface area (Å²) in [5, 5.41) is 2.42. The monoisotopic (exact) mass is 267 g/mol. The lowest BCUT2D eigenvalue weighted by Crippen LogP contribution is -2.21. The van der Waals surface area contributed by atoms with Crippen LogP contribution in [0.2, 0.25) is 0 Å². The van der Waals surface area contributed by atoms with Gasteiger partial charge < -0.3 is 4.42 Å². The van der Waals surface area contributed by atoms with E-state index in [2.05, 4.69) is 5.32 Å². The van der Waals surface area contributed by atoms with Crippen LogP contribution >= 0.6 is 12.4 Å². The van der Waals surface area contributed by atoms with Gasteiger partial charge in [-0.3, -0.25) is 14.9 Å². The van der Waals surface area contributed by atoms with E-state index >= 15 is 0 Å². The first-order chi connectivity index (χ1) is 8.16. The molecule has 0 saturated carbocycles. The summed E-state index contributed by atoms with van der Waals surface area (Å²) in [7, 11) is 0. The molecule has 0 atom stereocenters. The lowest BCUT2D eigenvalue weighted by Gasteiger charge is -2.01. The first kappa shape index (κ1) is 12.3. The Kier molecular flexibility index (Phi) is 2.92. The van der Waals surface area contributed by atoms with Crippen molar-refractivity contribution in [1.29, 1.82) is 0 Å². The van der Waals surface area contributed by atoms with Gasteiger partial charge in [0.25, 0.3) is 11.8 Å². The molecule has 1 aliphatic heterocycles. The van der Waals surface area contributed by atoms with E-state index in [4.69, 9.17) is 4.42 Å². The van der Waals surface area contributed by atoms with E-state index in [-0.39, 0.29) is 28.9 Å². The number of benzene rings is 1. The van der Waals surface area contributed by atoms with Crippen molar-refractivity contribution < 1.29 is 18.4 Å². The van der Waals surface area contributed by atoms with Crippen LogP contribution in [-0.4, -0.2) is 11.8 Å². The summed E-state index contributed by atoms with van der Waals surface area (Å²) in [5.41, 5.74) is 0.866. The Hall–Kier alpha value is -2.14. The second-order valence-corrected chi connectivity index (χ2v) is 3.63. The Balaban J connectivity index is 0.00000120. The average molecular weight is 268 g/mol. The van der Waals surface area contributed by atoms with Crippen molar-refractivity contribution in [3.63, 3.8) is 0 Å². The van der Waals surface area contributed by atoms with E-state index in [1.54, 1.807) is 0 Å². The first-order valence-corrected chi connectivity index (χ1v) is 4.90. The van der Waals surface area contributed by atoms with Gasteiger partial charge >= 0.3 is 0 Å². The van der Waals surface area contributed by atoms with Gasteiger partial charge in [0.1, 0.15) is 11.4 Å². The third kappa shape index (κ3) is 1.69. The van der Waals surface area contributed by atoms with Crippen LogP contribution in [0.3, 0.4) is 0 Å². The lowest BCUT2D eigenvalue weighted by atomic mass is 10.0. The van der Waals surface area contributed by atoms with Crippen molar-refractivity contribution in [2.24, 2.45) is 0 Å². The number of hydrogen-bond acceptors (Lipinski definition) is 3. The fourth-order valence-corrected chi connectivity index (χ4v) is 1.85. The average Bonchev–Trinajstić information content (AvgIpc) is 2.87. The van der Waals surface area contributed by atoms with Gasteiger partial charge in [0, 0.05) is 11.6 Å². The summed E-state index contributed by atoms with van der Waals surface area (Å²) in [6.45, 7) is 0. The van der Waals surface area contributed by atoms with Gasteiger partial charge in [0.2, 0.25) is 0 Å². The zero-order valence-electron chi connectivity index (χ0n) is 8.90. The third-order valence-corrected chi connectivity index (χ3v) is 2.61. The number of rotatable bonds is 1. The van der Waals surface area contributed by atoms with Crippen LogP contribution in [-0.2, 0) is 9.59 Å². The van der Waals surface area contributed by atoms with Crippen molar-refractivity contribution in [1.82, 2.24) is 5.32 Å². The van der Waals surface area contributed by atoms with Crippen LogP contribution in [0.25, 0.3) is 16.5 Å². The maximum atomic E-state index is 13.4. The van der Waals surface area contributed by atoms with Gasteiger partial charge in [-0.15, -0.1) is 12.4 Å². The molecular weight excluding hydrogens is 261 g/mol. The number of amides is 2. The maximum absolute atomic E-state index is 13.4. The highest BCUT2D eigenvalue weighted by atomic mass is 35.5. The summed E-state index contributed by atoms with van der Waals surface area (Å²) in [5.74, 6) is -1.41. The smallest absolute Gasteiger partial charge is 0.259 e. The van der Waals surface area contributed by atoms with Crippen LogP contribution in [0.5, 0.6) is 0 Å². The predicted molar refractivity (Wildman–Crippen MR) is 64.5 cm³/mol. The van der Waals surface area contributed by atoms with E-state index in [9.17, 15) is 14.0 Å². The molecule has 1 aromatic carbocycles. The summed E-state index contributed by atoms with van der Waals surface area (Å²) in [6.07, 6.45) is 2.52. The molecule has 3 rings (SSSR count). The lowest BCUT2D eigenvalue weighted by molar-refractivity contribution is -0.123. The number of carbonyl (C=O) groups is 2. The minimum absolute atomic E-state index is 0. The predicted octanol–water partition coefficient (Wildman–Crippen LogP) is 2.03. The van der Waals surface area contributed by atoms with Crippen LogP contribution in [0.1, 0.15) is 5.56 Å². The standard InChI is InChI=1S/C12H6FNO3.ClH/c13-9-2-1-6(11-7(9)3-4-17-11)8-5-10(15)14-12(8)16;/h1-5H,(H,14,15,16);1H. The summed E-state index contributed by atoms with van der Waals surface area (Å²) in [6, 6.07) is 4.14.